The van der Waals surface area contributed by atoms with Crippen LogP contribution in [0.5, 0.6) is 0 Å². The van der Waals surface area contributed by atoms with Gasteiger partial charge in [0.05, 0.1) is 6.10 Å². The molecule has 0 saturated carbocycles. The van der Waals surface area contributed by atoms with Crippen molar-refractivity contribution in [1.82, 2.24) is 0 Å². The minimum atomic E-state index is 0.409. The number of fused-ring (bicyclic) bond motifs is 1. The fraction of sp³-hybridized carbons (Fsp3) is 0.538. The highest BCUT2D eigenvalue weighted by molar-refractivity contribution is 5.62. The van der Waals surface area contributed by atoms with Crippen molar-refractivity contribution in [2.24, 2.45) is 0 Å². The second-order valence-electron chi connectivity index (χ2n) is 4.56. The quantitative estimate of drug-likeness (QED) is 0.816. The molecule has 2 aliphatic heterocycles. The normalized spacial score (nSPS) is 22.9. The van der Waals surface area contributed by atoms with Crippen molar-refractivity contribution in [3.8, 4) is 0 Å². The zero-order valence-corrected chi connectivity index (χ0v) is 9.46. The fourth-order valence-electron chi connectivity index (χ4n) is 2.45. The molecule has 3 rings (SSSR count). The Balaban J connectivity index is 1.61. The molecule has 0 bridgehead atoms. The van der Waals surface area contributed by atoms with Crippen LogP contribution >= 0.6 is 0 Å². The zero-order valence-electron chi connectivity index (χ0n) is 9.46. The van der Waals surface area contributed by atoms with Crippen LogP contribution in [0.15, 0.2) is 18.2 Å². The monoisotopic (exact) mass is 218 g/mol. The van der Waals surface area contributed by atoms with Crippen LogP contribution in [0.2, 0.25) is 0 Å². The molecule has 0 aromatic heterocycles. The van der Waals surface area contributed by atoms with Crippen molar-refractivity contribution in [1.29, 1.82) is 0 Å². The van der Waals surface area contributed by atoms with Crippen molar-refractivity contribution in [2.45, 2.75) is 25.4 Å². The summed E-state index contributed by atoms with van der Waals surface area (Å²) >= 11 is 0. The molecule has 1 saturated heterocycles. The van der Waals surface area contributed by atoms with Crippen molar-refractivity contribution < 1.29 is 4.74 Å². The second kappa shape index (κ2) is 4.34. The molecule has 1 unspecified atom stereocenters. The number of nitrogens with one attached hydrogen (secondary N) is 2. The lowest BCUT2D eigenvalue weighted by Crippen LogP contribution is -2.18. The molecule has 1 fully saturated rings. The van der Waals surface area contributed by atoms with Gasteiger partial charge in [0.1, 0.15) is 0 Å². The van der Waals surface area contributed by atoms with Gasteiger partial charge >= 0.3 is 0 Å². The van der Waals surface area contributed by atoms with E-state index in [1.54, 1.807) is 0 Å². The third kappa shape index (κ3) is 2.00. The Morgan fingerprint density at radius 2 is 2.44 bits per heavy atom. The standard InChI is InChI=1S/C13H18N2O/c1-2-12(16-7-1)9-15-11-3-4-13-10(8-11)5-6-14-13/h3-4,8,12,14-15H,1-2,5-7,9H2. The van der Waals surface area contributed by atoms with Gasteiger partial charge in [-0.05, 0) is 43.0 Å². The van der Waals surface area contributed by atoms with E-state index in [0.717, 1.165) is 26.1 Å². The van der Waals surface area contributed by atoms with E-state index in [-0.39, 0.29) is 0 Å². The smallest absolute Gasteiger partial charge is 0.0748 e. The van der Waals surface area contributed by atoms with Gasteiger partial charge in [0.2, 0.25) is 0 Å². The summed E-state index contributed by atoms with van der Waals surface area (Å²) in [6.07, 6.45) is 3.96. The molecule has 1 aromatic rings. The van der Waals surface area contributed by atoms with Gasteiger partial charge in [0.15, 0.2) is 0 Å². The molecule has 0 radical (unpaired) electrons. The van der Waals surface area contributed by atoms with Gasteiger partial charge in [0.25, 0.3) is 0 Å². The average molecular weight is 218 g/mol. The van der Waals surface area contributed by atoms with E-state index in [0.29, 0.717) is 6.10 Å². The summed E-state index contributed by atoms with van der Waals surface area (Å²) in [6, 6.07) is 6.57. The number of hydrogen-bond acceptors (Lipinski definition) is 3. The highest BCUT2D eigenvalue weighted by Crippen LogP contribution is 2.25. The molecule has 2 aliphatic rings. The molecule has 1 atom stereocenters. The summed E-state index contributed by atoms with van der Waals surface area (Å²) < 4.78 is 5.59. The molecule has 16 heavy (non-hydrogen) atoms. The largest absolute Gasteiger partial charge is 0.384 e. The maximum atomic E-state index is 5.59. The van der Waals surface area contributed by atoms with E-state index in [9.17, 15) is 0 Å². The third-order valence-corrected chi connectivity index (χ3v) is 3.37. The van der Waals surface area contributed by atoms with Crippen LogP contribution in [-0.4, -0.2) is 25.8 Å². The lowest BCUT2D eigenvalue weighted by molar-refractivity contribution is 0.120. The van der Waals surface area contributed by atoms with Crippen LogP contribution in [0.1, 0.15) is 18.4 Å². The number of benzene rings is 1. The molecule has 0 aliphatic carbocycles. The van der Waals surface area contributed by atoms with E-state index in [4.69, 9.17) is 4.74 Å². The summed E-state index contributed by atoms with van der Waals surface area (Å²) in [5.74, 6) is 0. The van der Waals surface area contributed by atoms with Crippen LogP contribution < -0.4 is 10.6 Å². The zero-order chi connectivity index (χ0) is 10.8. The number of ether oxygens (including phenoxy) is 1. The first-order valence-corrected chi connectivity index (χ1v) is 6.14. The highest BCUT2D eigenvalue weighted by atomic mass is 16.5. The van der Waals surface area contributed by atoms with Crippen molar-refractivity contribution in [3.63, 3.8) is 0 Å². The van der Waals surface area contributed by atoms with Crippen LogP contribution in [0, 0.1) is 0 Å². The predicted octanol–water partition coefficient (Wildman–Crippen LogP) is 2.25. The summed E-state index contributed by atoms with van der Waals surface area (Å²) in [6.45, 7) is 2.94. The van der Waals surface area contributed by atoms with Crippen LogP contribution in [-0.2, 0) is 11.2 Å². The Morgan fingerprint density at radius 3 is 3.31 bits per heavy atom. The van der Waals surface area contributed by atoms with E-state index in [1.807, 2.05) is 0 Å². The summed E-state index contributed by atoms with van der Waals surface area (Å²) in [5, 5.41) is 6.84. The lowest BCUT2D eigenvalue weighted by Gasteiger charge is -2.12. The van der Waals surface area contributed by atoms with Gasteiger partial charge in [-0.3, -0.25) is 0 Å². The van der Waals surface area contributed by atoms with E-state index >= 15 is 0 Å². The van der Waals surface area contributed by atoms with Crippen LogP contribution in [0.3, 0.4) is 0 Å². The maximum Gasteiger partial charge on any atom is 0.0748 e. The minimum absolute atomic E-state index is 0.409. The minimum Gasteiger partial charge on any atom is -0.384 e. The first-order chi connectivity index (χ1) is 7.92. The van der Waals surface area contributed by atoms with E-state index in [2.05, 4.69) is 28.8 Å². The molecule has 2 heterocycles. The number of rotatable bonds is 3. The van der Waals surface area contributed by atoms with Crippen LogP contribution in [0.4, 0.5) is 11.4 Å². The summed E-state index contributed by atoms with van der Waals surface area (Å²) in [7, 11) is 0. The third-order valence-electron chi connectivity index (χ3n) is 3.37. The van der Waals surface area contributed by atoms with E-state index in [1.165, 1.54) is 29.8 Å². The molecular formula is C13H18N2O. The molecule has 86 valence electrons. The molecule has 3 heteroatoms. The average Bonchev–Trinajstić information content (AvgIpc) is 2.97. The SMILES string of the molecule is c1cc2c(cc1NCC1CCCO1)CCN2. The van der Waals surface area contributed by atoms with Gasteiger partial charge < -0.3 is 15.4 Å². The predicted molar refractivity (Wildman–Crippen MR) is 66.1 cm³/mol. The van der Waals surface area contributed by atoms with Gasteiger partial charge in [-0.2, -0.15) is 0 Å². The Hall–Kier alpha value is -1.22. The Bertz CT molecular complexity index is 372. The van der Waals surface area contributed by atoms with Crippen molar-refractivity contribution >= 4 is 11.4 Å². The fourth-order valence-corrected chi connectivity index (χ4v) is 2.45. The lowest BCUT2D eigenvalue weighted by atomic mass is 10.1. The van der Waals surface area contributed by atoms with Gasteiger partial charge in [-0.25, -0.2) is 0 Å². The highest BCUT2D eigenvalue weighted by Gasteiger charge is 2.15. The topological polar surface area (TPSA) is 33.3 Å². The molecule has 1 aromatic carbocycles. The summed E-state index contributed by atoms with van der Waals surface area (Å²) in [4.78, 5) is 0. The van der Waals surface area contributed by atoms with Gasteiger partial charge in [-0.15, -0.1) is 0 Å². The van der Waals surface area contributed by atoms with Crippen molar-refractivity contribution in [3.05, 3.63) is 23.8 Å². The van der Waals surface area contributed by atoms with Crippen molar-refractivity contribution in [2.75, 3.05) is 30.3 Å². The first-order valence-electron chi connectivity index (χ1n) is 6.14. The second-order valence-corrected chi connectivity index (χ2v) is 4.56. The molecule has 0 amide bonds. The number of anilines is 2. The van der Waals surface area contributed by atoms with Gasteiger partial charge in [0, 0.05) is 31.1 Å². The number of hydrogen-bond donors (Lipinski definition) is 2. The van der Waals surface area contributed by atoms with E-state index < -0.39 is 0 Å². The summed E-state index contributed by atoms with van der Waals surface area (Å²) in [5.41, 5.74) is 3.94. The maximum absolute atomic E-state index is 5.59. The molecular weight excluding hydrogens is 200 g/mol. The first kappa shape index (κ1) is 9.97. The van der Waals surface area contributed by atoms with Gasteiger partial charge in [-0.1, -0.05) is 0 Å². The van der Waals surface area contributed by atoms with Crippen LogP contribution in [0.25, 0.3) is 0 Å². The Morgan fingerprint density at radius 1 is 1.44 bits per heavy atom. The molecule has 0 spiro atoms. The Kier molecular flexibility index (Phi) is 2.70. The Labute approximate surface area is 96.2 Å². The molecule has 2 N–H and O–H groups in total. The molecule has 3 nitrogen and oxygen atoms in total.